The van der Waals surface area contributed by atoms with Crippen molar-refractivity contribution < 1.29 is 29.0 Å². The van der Waals surface area contributed by atoms with Crippen molar-refractivity contribution in [1.29, 1.82) is 0 Å². The van der Waals surface area contributed by atoms with E-state index in [2.05, 4.69) is 6.58 Å². The van der Waals surface area contributed by atoms with E-state index in [1.165, 1.54) is 6.92 Å². The number of esters is 2. The van der Waals surface area contributed by atoms with Crippen LogP contribution in [0.15, 0.2) is 24.3 Å². The molecule has 0 aromatic carbocycles. The molecule has 0 amide bonds. The number of aliphatic hydroxyl groups is 1. The van der Waals surface area contributed by atoms with Crippen molar-refractivity contribution in [3.63, 3.8) is 0 Å². The molecule has 0 aromatic heterocycles. The van der Waals surface area contributed by atoms with Crippen molar-refractivity contribution in [1.82, 2.24) is 0 Å². The van der Waals surface area contributed by atoms with E-state index in [1.807, 2.05) is 13.0 Å². The summed E-state index contributed by atoms with van der Waals surface area (Å²) in [6.07, 6.45) is 1.77. The van der Waals surface area contributed by atoms with Crippen LogP contribution in [-0.4, -0.2) is 41.1 Å². The molecule has 3 aliphatic rings. The number of hydrogen-bond donors (Lipinski definition) is 1. The predicted octanol–water partition coefficient (Wildman–Crippen LogP) is 1.81. The van der Waals surface area contributed by atoms with Gasteiger partial charge in [-0.15, -0.1) is 0 Å². The first-order valence-corrected chi connectivity index (χ1v) is 9.10. The van der Waals surface area contributed by atoms with Gasteiger partial charge < -0.3 is 14.6 Å². The Morgan fingerprint density at radius 3 is 2.69 bits per heavy atom. The molecule has 1 saturated heterocycles. The highest BCUT2D eigenvalue weighted by Crippen LogP contribution is 2.54. The summed E-state index contributed by atoms with van der Waals surface area (Å²) < 4.78 is 11.3. The van der Waals surface area contributed by atoms with Crippen molar-refractivity contribution in [2.24, 2.45) is 29.1 Å². The van der Waals surface area contributed by atoms with Crippen LogP contribution in [0.3, 0.4) is 0 Å². The lowest BCUT2D eigenvalue weighted by atomic mass is 9.66. The van der Waals surface area contributed by atoms with Crippen LogP contribution in [0.25, 0.3) is 0 Å². The van der Waals surface area contributed by atoms with Gasteiger partial charge in [-0.25, -0.2) is 4.79 Å². The number of ether oxygens (including phenoxy) is 2. The first-order valence-electron chi connectivity index (χ1n) is 9.10. The van der Waals surface area contributed by atoms with E-state index in [9.17, 15) is 19.5 Å². The molecule has 26 heavy (non-hydrogen) atoms. The van der Waals surface area contributed by atoms with E-state index in [0.717, 1.165) is 0 Å². The van der Waals surface area contributed by atoms with Gasteiger partial charge in [-0.05, 0) is 38.2 Å². The van der Waals surface area contributed by atoms with Gasteiger partial charge in [0.25, 0.3) is 0 Å². The van der Waals surface area contributed by atoms with E-state index in [0.29, 0.717) is 6.42 Å². The molecule has 142 valence electrons. The number of fused-ring (bicyclic) bond motifs is 2. The number of carbonyl (C=O) groups is 3. The Kier molecular flexibility index (Phi) is 4.59. The molecule has 0 spiro atoms. The summed E-state index contributed by atoms with van der Waals surface area (Å²) in [6, 6.07) is 0. The monoisotopic (exact) mass is 362 g/mol. The van der Waals surface area contributed by atoms with E-state index < -0.39 is 41.5 Å². The predicted molar refractivity (Wildman–Crippen MR) is 92.8 cm³/mol. The van der Waals surface area contributed by atoms with Crippen LogP contribution in [0.1, 0.15) is 34.1 Å². The minimum Gasteiger partial charge on any atom is -0.462 e. The van der Waals surface area contributed by atoms with Gasteiger partial charge in [0.05, 0.1) is 23.0 Å². The lowest BCUT2D eigenvalue weighted by Crippen LogP contribution is -2.50. The van der Waals surface area contributed by atoms with Crippen LogP contribution in [-0.2, 0) is 23.9 Å². The van der Waals surface area contributed by atoms with Crippen molar-refractivity contribution in [2.45, 2.75) is 52.4 Å². The zero-order valence-corrected chi connectivity index (χ0v) is 15.6. The van der Waals surface area contributed by atoms with E-state index >= 15 is 0 Å². The number of rotatable bonds is 3. The fraction of sp³-hybridized carbons (Fsp3) is 0.650. The van der Waals surface area contributed by atoms with Gasteiger partial charge >= 0.3 is 11.9 Å². The first-order chi connectivity index (χ1) is 12.1. The number of aliphatic hydroxyl groups excluding tert-OH is 1. The summed E-state index contributed by atoms with van der Waals surface area (Å²) in [5, 5.41) is 9.65. The van der Waals surface area contributed by atoms with Crippen LogP contribution in [0.4, 0.5) is 0 Å². The first kappa shape index (κ1) is 18.8. The molecule has 6 nitrogen and oxygen atoms in total. The van der Waals surface area contributed by atoms with Gasteiger partial charge in [-0.2, -0.15) is 0 Å². The highest BCUT2D eigenvalue weighted by atomic mass is 16.6. The summed E-state index contributed by atoms with van der Waals surface area (Å²) >= 11 is 0. The maximum atomic E-state index is 12.8. The average molecular weight is 362 g/mol. The third-order valence-corrected chi connectivity index (χ3v) is 6.48. The smallest absolute Gasteiger partial charge is 0.336 e. The molecule has 1 heterocycles. The van der Waals surface area contributed by atoms with Crippen molar-refractivity contribution in [3.05, 3.63) is 24.3 Å². The van der Waals surface area contributed by atoms with Gasteiger partial charge in [-0.1, -0.05) is 26.5 Å². The van der Waals surface area contributed by atoms with E-state index in [4.69, 9.17) is 9.47 Å². The molecule has 0 radical (unpaired) electrons. The normalized spacial score (nSPS) is 42.5. The molecule has 3 rings (SSSR count). The summed E-state index contributed by atoms with van der Waals surface area (Å²) in [7, 11) is 0. The fourth-order valence-corrected chi connectivity index (χ4v) is 4.80. The lowest BCUT2D eigenvalue weighted by Gasteiger charge is -2.40. The molecule has 6 heteroatoms. The fourth-order valence-electron chi connectivity index (χ4n) is 4.80. The Labute approximate surface area is 153 Å². The van der Waals surface area contributed by atoms with Gasteiger partial charge in [0.1, 0.15) is 12.2 Å². The molecule has 0 aromatic rings. The van der Waals surface area contributed by atoms with E-state index in [-0.39, 0.29) is 29.2 Å². The minimum atomic E-state index is -1.05. The maximum Gasteiger partial charge on any atom is 0.336 e. The topological polar surface area (TPSA) is 89.9 Å². The summed E-state index contributed by atoms with van der Waals surface area (Å²) in [6.45, 7) is 10.6. The molecule has 1 saturated carbocycles. The highest BCUT2D eigenvalue weighted by Gasteiger charge is 2.62. The number of hydrogen-bond acceptors (Lipinski definition) is 6. The molecular formula is C20H26O6. The van der Waals surface area contributed by atoms with Crippen molar-refractivity contribution in [2.75, 3.05) is 0 Å². The average Bonchev–Trinajstić information content (AvgIpc) is 2.99. The van der Waals surface area contributed by atoms with Crippen molar-refractivity contribution in [3.8, 4) is 0 Å². The Morgan fingerprint density at radius 1 is 1.42 bits per heavy atom. The summed E-state index contributed by atoms with van der Waals surface area (Å²) in [5.74, 6) is -2.08. The second-order valence-electron chi connectivity index (χ2n) is 8.11. The number of ketones is 1. The quantitative estimate of drug-likeness (QED) is 0.608. The number of allylic oxidation sites excluding steroid dienone is 2. The van der Waals surface area contributed by atoms with Gasteiger partial charge in [0.2, 0.25) is 0 Å². The van der Waals surface area contributed by atoms with Gasteiger partial charge in [-0.3, -0.25) is 9.59 Å². The third-order valence-electron chi connectivity index (χ3n) is 6.48. The molecule has 1 N–H and O–H groups in total. The van der Waals surface area contributed by atoms with Gasteiger partial charge in [0.15, 0.2) is 5.78 Å². The van der Waals surface area contributed by atoms with E-state index in [1.54, 1.807) is 19.9 Å². The van der Waals surface area contributed by atoms with Crippen LogP contribution in [0, 0.1) is 29.1 Å². The van der Waals surface area contributed by atoms with Gasteiger partial charge in [0, 0.05) is 5.92 Å². The second kappa shape index (κ2) is 6.34. The van der Waals surface area contributed by atoms with Crippen LogP contribution in [0.2, 0.25) is 0 Å². The minimum absolute atomic E-state index is 0.0738. The molecule has 8 atom stereocenters. The molecule has 2 fully saturated rings. The summed E-state index contributed by atoms with van der Waals surface area (Å²) in [4.78, 5) is 37.5. The molecule has 0 bridgehead atoms. The molecule has 2 aliphatic carbocycles. The second-order valence-corrected chi connectivity index (χ2v) is 8.11. The highest BCUT2D eigenvalue weighted by molar-refractivity contribution is 5.99. The molecular weight excluding hydrogens is 336 g/mol. The Morgan fingerprint density at radius 2 is 2.08 bits per heavy atom. The summed E-state index contributed by atoms with van der Waals surface area (Å²) in [5.41, 5.74) is -1.04. The zero-order valence-electron chi connectivity index (χ0n) is 15.6. The Hall–Kier alpha value is -1.95. The SMILES string of the molecule is C=C(C(=O)O[C@H]1[C@@H]2[C@H](C)C(=O)O[C@@H]2C[C@@H](C)[C@@H]2C=CC(=O)[C@]21C)[C@@H](C)O. The lowest BCUT2D eigenvalue weighted by molar-refractivity contribution is -0.164. The standard InChI is InChI=1S/C20H26O6/c1-9-8-14-16(11(3)19(24)25-14)17(26-18(23)10(2)12(4)21)20(5)13(9)6-7-15(20)22/h6-7,9,11-14,16-17,21H,2,8H2,1,3-5H3/t9-,11+,12-,13+,14-,16-,17+,20+/m1/s1. The largest absolute Gasteiger partial charge is 0.462 e. The zero-order chi connectivity index (χ0) is 19.4. The van der Waals surface area contributed by atoms with Crippen LogP contribution < -0.4 is 0 Å². The van der Waals surface area contributed by atoms with Crippen LogP contribution in [0.5, 0.6) is 0 Å². The Bertz CT molecular complexity index is 692. The Balaban J connectivity index is 2.05. The molecule has 0 unspecified atom stereocenters. The molecule has 1 aliphatic heterocycles. The van der Waals surface area contributed by atoms with Crippen LogP contribution >= 0.6 is 0 Å². The number of carbonyl (C=O) groups excluding carboxylic acids is 3. The van der Waals surface area contributed by atoms with Crippen molar-refractivity contribution >= 4 is 17.7 Å². The third kappa shape index (κ3) is 2.62. The maximum absolute atomic E-state index is 12.8.